The number of carbonyl (C=O) groups is 2. The molecule has 2 rings (SSSR count). The van der Waals surface area contributed by atoms with Crippen molar-refractivity contribution in [3.63, 3.8) is 0 Å². The molecular formula is C24H39N3O6. The molecule has 1 heterocycles. The summed E-state index contributed by atoms with van der Waals surface area (Å²) in [6, 6.07) is 6.70. The number of rotatable bonds is 13. The van der Waals surface area contributed by atoms with Crippen molar-refractivity contribution >= 4 is 12.0 Å². The van der Waals surface area contributed by atoms with Gasteiger partial charge in [0.1, 0.15) is 24.2 Å². The number of hydrogen-bond acceptors (Lipinski definition) is 7. The SMILES string of the molecule is CCCCC(C)(C)C(=O)Oc1ccc(OCC(O)CNCCNC(=O)N2CCOCC2)cc1. The first-order chi connectivity index (χ1) is 15.8. The summed E-state index contributed by atoms with van der Waals surface area (Å²) in [7, 11) is 0. The molecule has 1 saturated heterocycles. The smallest absolute Gasteiger partial charge is 0.317 e. The first-order valence-electron chi connectivity index (χ1n) is 11.8. The van der Waals surface area contributed by atoms with E-state index in [1.807, 2.05) is 13.8 Å². The third-order valence-electron chi connectivity index (χ3n) is 5.44. The second kappa shape index (κ2) is 14.0. The molecule has 1 aliphatic rings. The van der Waals surface area contributed by atoms with Crippen molar-refractivity contribution in [1.29, 1.82) is 0 Å². The topological polar surface area (TPSA) is 109 Å². The molecule has 9 heteroatoms. The highest BCUT2D eigenvalue weighted by Crippen LogP contribution is 2.27. The highest BCUT2D eigenvalue weighted by molar-refractivity contribution is 5.78. The van der Waals surface area contributed by atoms with Crippen molar-refractivity contribution in [2.24, 2.45) is 5.41 Å². The largest absolute Gasteiger partial charge is 0.491 e. The number of hydrogen-bond donors (Lipinski definition) is 3. The summed E-state index contributed by atoms with van der Waals surface area (Å²) in [4.78, 5) is 26.1. The van der Waals surface area contributed by atoms with Crippen molar-refractivity contribution in [1.82, 2.24) is 15.5 Å². The van der Waals surface area contributed by atoms with Gasteiger partial charge in [-0.3, -0.25) is 4.79 Å². The Balaban J connectivity index is 1.60. The number of carbonyl (C=O) groups excluding carboxylic acids is 2. The second-order valence-electron chi connectivity index (χ2n) is 8.85. The lowest BCUT2D eigenvalue weighted by Gasteiger charge is -2.27. The van der Waals surface area contributed by atoms with Crippen molar-refractivity contribution in [2.75, 3.05) is 52.5 Å². The molecule has 0 aromatic heterocycles. The first-order valence-corrected chi connectivity index (χ1v) is 11.8. The summed E-state index contributed by atoms with van der Waals surface area (Å²) < 4.78 is 16.3. The van der Waals surface area contributed by atoms with Crippen LogP contribution in [0.5, 0.6) is 11.5 Å². The van der Waals surface area contributed by atoms with E-state index in [0.29, 0.717) is 57.4 Å². The minimum absolute atomic E-state index is 0.0948. The molecule has 1 aromatic rings. The molecule has 1 unspecified atom stereocenters. The number of benzene rings is 1. The fourth-order valence-electron chi connectivity index (χ4n) is 3.23. The zero-order valence-corrected chi connectivity index (χ0v) is 20.1. The Labute approximate surface area is 196 Å². The van der Waals surface area contributed by atoms with E-state index in [2.05, 4.69) is 17.6 Å². The average Bonchev–Trinajstić information content (AvgIpc) is 2.82. The Kier molecular flexibility index (Phi) is 11.4. The van der Waals surface area contributed by atoms with E-state index >= 15 is 0 Å². The van der Waals surface area contributed by atoms with Gasteiger partial charge in [-0.2, -0.15) is 0 Å². The van der Waals surface area contributed by atoms with Gasteiger partial charge in [0.2, 0.25) is 0 Å². The van der Waals surface area contributed by atoms with E-state index in [0.717, 1.165) is 19.3 Å². The van der Waals surface area contributed by atoms with Crippen LogP contribution in [0.4, 0.5) is 4.79 Å². The lowest BCUT2D eigenvalue weighted by Crippen LogP contribution is -2.47. The molecule has 0 radical (unpaired) electrons. The lowest BCUT2D eigenvalue weighted by molar-refractivity contribution is -0.144. The number of esters is 1. The third kappa shape index (κ3) is 9.98. The minimum Gasteiger partial charge on any atom is -0.491 e. The van der Waals surface area contributed by atoms with Crippen LogP contribution in [0.25, 0.3) is 0 Å². The van der Waals surface area contributed by atoms with Gasteiger partial charge in [0.25, 0.3) is 0 Å². The summed E-state index contributed by atoms with van der Waals surface area (Å²) >= 11 is 0. The molecule has 2 amide bonds. The Morgan fingerprint density at radius 2 is 1.82 bits per heavy atom. The fraction of sp³-hybridized carbons (Fsp3) is 0.667. The van der Waals surface area contributed by atoms with Crippen molar-refractivity contribution in [2.45, 2.75) is 46.1 Å². The first kappa shape index (κ1) is 26.9. The number of urea groups is 1. The number of aliphatic hydroxyl groups is 1. The highest BCUT2D eigenvalue weighted by atomic mass is 16.5. The van der Waals surface area contributed by atoms with Gasteiger partial charge in [0.05, 0.1) is 18.6 Å². The van der Waals surface area contributed by atoms with Crippen LogP contribution in [-0.4, -0.2) is 80.7 Å². The van der Waals surface area contributed by atoms with E-state index in [1.165, 1.54) is 0 Å². The number of ether oxygens (including phenoxy) is 3. The Morgan fingerprint density at radius 3 is 2.48 bits per heavy atom. The van der Waals surface area contributed by atoms with Gasteiger partial charge in [0.15, 0.2) is 0 Å². The summed E-state index contributed by atoms with van der Waals surface area (Å²) in [6.07, 6.45) is 2.11. The fourth-order valence-corrected chi connectivity index (χ4v) is 3.23. The van der Waals surface area contributed by atoms with Gasteiger partial charge in [-0.05, 0) is 44.5 Å². The normalized spacial score (nSPS) is 15.1. The maximum Gasteiger partial charge on any atom is 0.317 e. The third-order valence-corrected chi connectivity index (χ3v) is 5.44. The molecular weight excluding hydrogens is 426 g/mol. The van der Waals surface area contributed by atoms with Crippen LogP contribution in [0.2, 0.25) is 0 Å². The van der Waals surface area contributed by atoms with Crippen LogP contribution >= 0.6 is 0 Å². The molecule has 1 aliphatic heterocycles. The molecule has 0 bridgehead atoms. The maximum atomic E-state index is 12.4. The van der Waals surface area contributed by atoms with Gasteiger partial charge in [-0.25, -0.2) is 4.79 Å². The Bertz CT molecular complexity index is 719. The van der Waals surface area contributed by atoms with Crippen molar-refractivity contribution in [3.05, 3.63) is 24.3 Å². The zero-order valence-electron chi connectivity index (χ0n) is 20.1. The van der Waals surface area contributed by atoms with E-state index in [-0.39, 0.29) is 18.6 Å². The van der Waals surface area contributed by atoms with Gasteiger partial charge in [-0.15, -0.1) is 0 Å². The predicted octanol–water partition coefficient (Wildman–Crippen LogP) is 2.18. The quantitative estimate of drug-likeness (QED) is 0.233. The molecule has 186 valence electrons. The molecule has 1 fully saturated rings. The van der Waals surface area contributed by atoms with Gasteiger partial charge in [0, 0.05) is 32.7 Å². The summed E-state index contributed by atoms with van der Waals surface area (Å²) in [5, 5.41) is 16.0. The summed E-state index contributed by atoms with van der Waals surface area (Å²) in [5.74, 6) is 0.808. The molecule has 0 spiro atoms. The van der Waals surface area contributed by atoms with E-state index in [1.54, 1.807) is 29.2 Å². The van der Waals surface area contributed by atoms with Gasteiger partial charge >= 0.3 is 12.0 Å². The summed E-state index contributed by atoms with van der Waals surface area (Å²) in [6.45, 7) is 9.73. The number of nitrogens with zero attached hydrogens (tertiary/aromatic N) is 1. The van der Waals surface area contributed by atoms with Gasteiger partial charge < -0.3 is 34.9 Å². The van der Waals surface area contributed by atoms with E-state index in [4.69, 9.17) is 14.2 Å². The van der Waals surface area contributed by atoms with Crippen LogP contribution in [0, 0.1) is 5.41 Å². The molecule has 3 N–H and O–H groups in total. The monoisotopic (exact) mass is 465 g/mol. The lowest BCUT2D eigenvalue weighted by atomic mass is 9.87. The van der Waals surface area contributed by atoms with Crippen LogP contribution in [-0.2, 0) is 9.53 Å². The maximum absolute atomic E-state index is 12.4. The molecule has 0 saturated carbocycles. The van der Waals surface area contributed by atoms with Crippen LogP contribution in [0.1, 0.15) is 40.0 Å². The molecule has 33 heavy (non-hydrogen) atoms. The molecule has 9 nitrogen and oxygen atoms in total. The number of nitrogens with one attached hydrogen (secondary N) is 2. The number of morpholine rings is 1. The Hall–Kier alpha value is -2.36. The Morgan fingerprint density at radius 1 is 1.15 bits per heavy atom. The van der Waals surface area contributed by atoms with Crippen LogP contribution in [0.3, 0.4) is 0 Å². The standard InChI is InChI=1S/C24H39N3O6/c1-4-5-10-24(2,3)22(29)33-21-8-6-20(7-9-21)32-18-19(28)17-25-11-12-26-23(30)27-13-15-31-16-14-27/h6-9,19,25,28H,4-5,10-18H2,1-3H3,(H,26,30). The number of amides is 2. The number of aliphatic hydroxyl groups excluding tert-OH is 1. The molecule has 0 aliphatic carbocycles. The average molecular weight is 466 g/mol. The van der Waals surface area contributed by atoms with Crippen LogP contribution < -0.4 is 20.1 Å². The summed E-state index contributed by atoms with van der Waals surface area (Å²) in [5.41, 5.74) is -0.520. The zero-order chi connectivity index (χ0) is 24.1. The predicted molar refractivity (Wildman–Crippen MR) is 126 cm³/mol. The van der Waals surface area contributed by atoms with Crippen LogP contribution in [0.15, 0.2) is 24.3 Å². The van der Waals surface area contributed by atoms with Gasteiger partial charge in [-0.1, -0.05) is 19.8 Å². The number of unbranched alkanes of at least 4 members (excludes halogenated alkanes) is 1. The van der Waals surface area contributed by atoms with Crippen molar-refractivity contribution < 1.29 is 28.9 Å². The van der Waals surface area contributed by atoms with Crippen molar-refractivity contribution in [3.8, 4) is 11.5 Å². The molecule has 1 aromatic carbocycles. The highest BCUT2D eigenvalue weighted by Gasteiger charge is 2.29. The minimum atomic E-state index is -0.697. The van der Waals surface area contributed by atoms with E-state index < -0.39 is 11.5 Å². The second-order valence-corrected chi connectivity index (χ2v) is 8.85. The van der Waals surface area contributed by atoms with E-state index in [9.17, 15) is 14.7 Å². The molecule has 1 atom stereocenters.